The van der Waals surface area contributed by atoms with Crippen LogP contribution in [0.3, 0.4) is 0 Å². The van der Waals surface area contributed by atoms with E-state index < -0.39 is 6.10 Å². The maximum atomic E-state index is 12.9. The zero-order valence-electron chi connectivity index (χ0n) is 17.0. The van der Waals surface area contributed by atoms with Gasteiger partial charge in [0.05, 0.1) is 6.42 Å². The summed E-state index contributed by atoms with van der Waals surface area (Å²) in [5.74, 6) is -0.181. The first-order valence-electron chi connectivity index (χ1n) is 10.5. The van der Waals surface area contributed by atoms with E-state index >= 15 is 0 Å². The lowest BCUT2D eigenvalue weighted by molar-refractivity contribution is -0.147. The molecule has 4 aromatic carbocycles. The van der Waals surface area contributed by atoms with E-state index in [1.54, 1.807) is 11.3 Å². The Labute approximate surface area is 185 Å². The van der Waals surface area contributed by atoms with Crippen molar-refractivity contribution in [2.45, 2.75) is 18.9 Å². The highest BCUT2D eigenvalue weighted by Gasteiger charge is 2.23. The van der Waals surface area contributed by atoms with Gasteiger partial charge < -0.3 is 4.74 Å². The zero-order chi connectivity index (χ0) is 21.0. The van der Waals surface area contributed by atoms with Gasteiger partial charge in [-0.25, -0.2) is 0 Å². The average molecular weight is 423 g/mol. The fourth-order valence-corrected chi connectivity index (χ4v) is 4.83. The van der Waals surface area contributed by atoms with Gasteiger partial charge in [0.1, 0.15) is 0 Å². The summed E-state index contributed by atoms with van der Waals surface area (Å²) in [6.07, 6.45) is 0.605. The minimum absolute atomic E-state index is 0.181. The van der Waals surface area contributed by atoms with Crippen LogP contribution in [0.4, 0.5) is 0 Å². The lowest BCUT2D eigenvalue weighted by atomic mass is 9.92. The molecule has 0 spiro atoms. The molecule has 2 nitrogen and oxygen atoms in total. The molecule has 0 aliphatic carbocycles. The predicted octanol–water partition coefficient (Wildman–Crippen LogP) is 7.32. The molecule has 0 atom stereocenters. The monoisotopic (exact) mass is 422 g/mol. The van der Waals surface area contributed by atoms with Crippen molar-refractivity contribution >= 4 is 38.9 Å². The van der Waals surface area contributed by atoms with Crippen LogP contribution in [0.1, 0.15) is 28.5 Å². The number of hydrogen-bond acceptors (Lipinski definition) is 3. The van der Waals surface area contributed by atoms with E-state index in [0.717, 1.165) is 32.7 Å². The highest BCUT2D eigenvalue weighted by molar-refractivity contribution is 7.09. The fourth-order valence-electron chi connectivity index (χ4n) is 4.12. The summed E-state index contributed by atoms with van der Waals surface area (Å²) < 4.78 is 6.20. The van der Waals surface area contributed by atoms with Gasteiger partial charge in [-0.3, -0.25) is 4.79 Å². The summed E-state index contributed by atoms with van der Waals surface area (Å²) in [7, 11) is 0. The third-order valence-corrected chi connectivity index (χ3v) is 6.55. The molecular weight excluding hydrogens is 400 g/mol. The van der Waals surface area contributed by atoms with Crippen molar-refractivity contribution in [3.63, 3.8) is 0 Å². The standard InChI is InChI=1S/C28H22O2S/c29-27(18-17-22-12-7-19-31-22)30-28(25-15-5-10-20-8-1-3-13-23(20)25)26-16-6-11-21-9-2-4-14-24(21)26/h1-16,19,28H,17-18H2. The maximum Gasteiger partial charge on any atom is 0.307 e. The van der Waals surface area contributed by atoms with Crippen molar-refractivity contribution in [2.24, 2.45) is 0 Å². The van der Waals surface area contributed by atoms with Gasteiger partial charge in [-0.05, 0) is 39.4 Å². The Morgan fingerprint density at radius 1 is 0.710 bits per heavy atom. The number of aryl methyl sites for hydroxylation is 1. The number of benzene rings is 4. The number of fused-ring (bicyclic) bond motifs is 2. The van der Waals surface area contributed by atoms with Crippen LogP contribution in [0.2, 0.25) is 0 Å². The number of carbonyl (C=O) groups excluding carboxylic acids is 1. The second-order valence-corrected chi connectivity index (χ2v) is 8.62. The molecule has 0 aliphatic rings. The molecule has 1 aromatic heterocycles. The van der Waals surface area contributed by atoms with Gasteiger partial charge in [-0.1, -0.05) is 91.0 Å². The molecule has 31 heavy (non-hydrogen) atoms. The van der Waals surface area contributed by atoms with Gasteiger partial charge in [-0.15, -0.1) is 11.3 Å². The van der Waals surface area contributed by atoms with Crippen LogP contribution in [0.15, 0.2) is 102 Å². The van der Waals surface area contributed by atoms with E-state index in [1.165, 1.54) is 4.88 Å². The molecule has 0 saturated heterocycles. The molecule has 0 radical (unpaired) electrons. The summed E-state index contributed by atoms with van der Waals surface area (Å²) >= 11 is 1.67. The minimum Gasteiger partial charge on any atom is -0.452 e. The Morgan fingerprint density at radius 3 is 1.87 bits per heavy atom. The van der Waals surface area contributed by atoms with Gasteiger partial charge in [0.25, 0.3) is 0 Å². The Balaban J connectivity index is 1.57. The van der Waals surface area contributed by atoms with E-state index in [2.05, 4.69) is 54.6 Å². The lowest BCUT2D eigenvalue weighted by Gasteiger charge is -2.22. The molecular formula is C28H22O2S. The van der Waals surface area contributed by atoms with Gasteiger partial charge in [0.2, 0.25) is 0 Å². The largest absolute Gasteiger partial charge is 0.452 e. The number of thiophene rings is 1. The first-order valence-corrected chi connectivity index (χ1v) is 11.3. The van der Waals surface area contributed by atoms with Crippen LogP contribution < -0.4 is 0 Å². The predicted molar refractivity (Wildman–Crippen MR) is 128 cm³/mol. The van der Waals surface area contributed by atoms with Gasteiger partial charge >= 0.3 is 5.97 Å². The van der Waals surface area contributed by atoms with E-state index in [1.807, 2.05) is 47.8 Å². The van der Waals surface area contributed by atoms with Crippen LogP contribution >= 0.6 is 11.3 Å². The van der Waals surface area contributed by atoms with Crippen molar-refractivity contribution in [3.05, 3.63) is 118 Å². The van der Waals surface area contributed by atoms with Crippen molar-refractivity contribution in [2.75, 3.05) is 0 Å². The van der Waals surface area contributed by atoms with Gasteiger partial charge in [0, 0.05) is 16.0 Å². The molecule has 0 saturated carbocycles. The number of ether oxygens (including phenoxy) is 1. The normalized spacial score (nSPS) is 11.3. The molecule has 1 heterocycles. The van der Waals surface area contributed by atoms with E-state index in [0.29, 0.717) is 12.8 Å². The molecule has 0 fully saturated rings. The summed E-state index contributed by atoms with van der Waals surface area (Å²) in [5.41, 5.74) is 2.03. The molecule has 0 bridgehead atoms. The number of carbonyl (C=O) groups is 1. The molecule has 5 rings (SSSR count). The van der Waals surface area contributed by atoms with E-state index in [4.69, 9.17) is 4.74 Å². The number of hydrogen-bond donors (Lipinski definition) is 0. The minimum atomic E-state index is -0.465. The van der Waals surface area contributed by atoms with E-state index in [9.17, 15) is 4.79 Å². The molecule has 0 N–H and O–H groups in total. The number of rotatable bonds is 6. The highest BCUT2D eigenvalue weighted by atomic mass is 32.1. The second kappa shape index (κ2) is 8.75. The molecule has 0 aliphatic heterocycles. The van der Waals surface area contributed by atoms with Crippen molar-refractivity contribution in [1.82, 2.24) is 0 Å². The Bertz CT molecular complexity index is 1250. The van der Waals surface area contributed by atoms with Gasteiger partial charge in [0.15, 0.2) is 6.10 Å². The van der Waals surface area contributed by atoms with Crippen LogP contribution in [-0.2, 0) is 16.0 Å². The van der Waals surface area contributed by atoms with Crippen molar-refractivity contribution in [1.29, 1.82) is 0 Å². The van der Waals surface area contributed by atoms with Gasteiger partial charge in [-0.2, -0.15) is 0 Å². The van der Waals surface area contributed by atoms with Crippen LogP contribution in [0.5, 0.6) is 0 Å². The smallest absolute Gasteiger partial charge is 0.307 e. The first-order chi connectivity index (χ1) is 15.3. The molecule has 3 heteroatoms. The summed E-state index contributed by atoms with van der Waals surface area (Å²) in [6, 6.07) is 33.0. The number of esters is 1. The van der Waals surface area contributed by atoms with Crippen LogP contribution in [0, 0.1) is 0 Å². The fraction of sp³-hybridized carbons (Fsp3) is 0.107. The molecule has 0 amide bonds. The highest BCUT2D eigenvalue weighted by Crippen LogP contribution is 2.36. The van der Waals surface area contributed by atoms with E-state index in [-0.39, 0.29) is 5.97 Å². The SMILES string of the molecule is O=C(CCc1cccs1)OC(c1cccc2ccccc12)c1cccc2ccccc12. The summed E-state index contributed by atoms with van der Waals surface area (Å²) in [4.78, 5) is 14.1. The first kappa shape index (κ1) is 19.5. The maximum absolute atomic E-state index is 12.9. The average Bonchev–Trinajstić information content (AvgIpc) is 3.34. The van der Waals surface area contributed by atoms with Crippen LogP contribution in [-0.4, -0.2) is 5.97 Å². The Kier molecular flexibility index (Phi) is 5.51. The van der Waals surface area contributed by atoms with Crippen LogP contribution in [0.25, 0.3) is 21.5 Å². The zero-order valence-corrected chi connectivity index (χ0v) is 17.8. The summed E-state index contributed by atoms with van der Waals surface area (Å²) in [5, 5.41) is 6.53. The quantitative estimate of drug-likeness (QED) is 0.268. The van der Waals surface area contributed by atoms with Crippen molar-refractivity contribution in [3.8, 4) is 0 Å². The Hall–Kier alpha value is -3.43. The molecule has 5 aromatic rings. The molecule has 152 valence electrons. The third-order valence-electron chi connectivity index (χ3n) is 5.62. The lowest BCUT2D eigenvalue weighted by Crippen LogP contribution is -2.14. The Morgan fingerprint density at radius 2 is 1.29 bits per heavy atom. The molecule has 0 unspecified atom stereocenters. The third kappa shape index (κ3) is 4.10. The summed E-state index contributed by atoms with van der Waals surface area (Å²) in [6.45, 7) is 0. The second-order valence-electron chi connectivity index (χ2n) is 7.59. The van der Waals surface area contributed by atoms with Crippen molar-refractivity contribution < 1.29 is 9.53 Å². The topological polar surface area (TPSA) is 26.3 Å².